The highest BCUT2D eigenvalue weighted by molar-refractivity contribution is 5.92. The number of ether oxygens (including phenoxy) is 1. The summed E-state index contributed by atoms with van der Waals surface area (Å²) in [6, 6.07) is 13.6. The molecule has 1 unspecified atom stereocenters. The molecule has 1 heterocycles. The number of nitrogens with one attached hydrogen (secondary N) is 1. The molecule has 0 fully saturated rings. The maximum Gasteiger partial charge on any atom is 0.270 e. The highest BCUT2D eigenvalue weighted by atomic mass is 16.6. The number of nitro groups is 1. The summed E-state index contributed by atoms with van der Waals surface area (Å²) in [4.78, 5) is 22.7. The number of carbonyl (C=O) groups is 1. The van der Waals surface area contributed by atoms with Crippen molar-refractivity contribution in [3.8, 4) is 5.75 Å². The number of nitrogens with zero attached hydrogens (tertiary/aromatic N) is 1. The van der Waals surface area contributed by atoms with Gasteiger partial charge in [0.2, 0.25) is 5.91 Å². The first-order chi connectivity index (χ1) is 12.3. The molecule has 0 aliphatic carbocycles. The van der Waals surface area contributed by atoms with Gasteiger partial charge in [0.05, 0.1) is 11.0 Å². The minimum Gasteiger partial charge on any atom is -0.487 e. The van der Waals surface area contributed by atoms with Crippen LogP contribution in [0.2, 0.25) is 0 Å². The first-order valence-corrected chi connectivity index (χ1v) is 8.35. The van der Waals surface area contributed by atoms with Crippen LogP contribution in [-0.2, 0) is 4.79 Å². The first-order valence-electron chi connectivity index (χ1n) is 8.35. The van der Waals surface area contributed by atoms with Crippen molar-refractivity contribution in [2.75, 3.05) is 0 Å². The molecular weight excluding hydrogens is 332 g/mol. The summed E-state index contributed by atoms with van der Waals surface area (Å²) in [7, 11) is 0. The zero-order chi connectivity index (χ0) is 18.7. The maximum atomic E-state index is 12.4. The van der Waals surface area contributed by atoms with Gasteiger partial charge in [-0.05, 0) is 31.6 Å². The van der Waals surface area contributed by atoms with Crippen LogP contribution in [0.15, 0.2) is 54.6 Å². The van der Waals surface area contributed by atoms with E-state index in [0.29, 0.717) is 12.0 Å². The van der Waals surface area contributed by atoms with Crippen LogP contribution in [0.1, 0.15) is 37.4 Å². The molecule has 1 N–H and O–H groups in total. The van der Waals surface area contributed by atoms with Gasteiger partial charge in [0.25, 0.3) is 5.69 Å². The molecule has 134 valence electrons. The van der Waals surface area contributed by atoms with Crippen molar-refractivity contribution in [3.63, 3.8) is 0 Å². The number of hydrogen-bond donors (Lipinski definition) is 1. The predicted molar refractivity (Wildman–Crippen MR) is 98.8 cm³/mol. The highest BCUT2D eigenvalue weighted by Gasteiger charge is 2.33. The average Bonchev–Trinajstić information content (AvgIpc) is 2.59. The molecule has 1 atom stereocenters. The summed E-state index contributed by atoms with van der Waals surface area (Å²) in [6.07, 6.45) is 3.61. The number of fused-ring (bicyclic) bond motifs is 1. The molecule has 0 radical (unpaired) electrons. The SMILES string of the molecule is CC1(C)CC(NC(=O)/C=C/c2cccc([N+](=O)[O-])c2)c2ccccc2O1. The second-order valence-electron chi connectivity index (χ2n) is 6.85. The van der Waals surface area contributed by atoms with Crippen LogP contribution < -0.4 is 10.1 Å². The standard InChI is InChI=1S/C20H20N2O4/c1-20(2)13-17(16-8-3-4-9-18(16)26-20)21-19(23)11-10-14-6-5-7-15(12-14)22(24)25/h3-12,17H,13H2,1-2H3,(H,21,23)/b11-10+. The monoisotopic (exact) mass is 352 g/mol. The smallest absolute Gasteiger partial charge is 0.270 e. The van der Waals surface area contributed by atoms with E-state index < -0.39 is 4.92 Å². The summed E-state index contributed by atoms with van der Waals surface area (Å²) in [5.41, 5.74) is 1.16. The Kier molecular flexibility index (Phi) is 4.75. The van der Waals surface area contributed by atoms with Crippen molar-refractivity contribution < 1.29 is 14.5 Å². The molecule has 0 bridgehead atoms. The van der Waals surface area contributed by atoms with E-state index in [1.165, 1.54) is 18.2 Å². The number of para-hydroxylation sites is 1. The summed E-state index contributed by atoms with van der Waals surface area (Å²) in [5, 5.41) is 13.8. The number of hydrogen-bond acceptors (Lipinski definition) is 4. The van der Waals surface area contributed by atoms with Crippen LogP contribution in [0.3, 0.4) is 0 Å². The number of carbonyl (C=O) groups excluding carboxylic acids is 1. The lowest BCUT2D eigenvalue weighted by molar-refractivity contribution is -0.384. The molecule has 0 aromatic heterocycles. The molecule has 1 amide bonds. The van der Waals surface area contributed by atoms with Crippen LogP contribution in [0.5, 0.6) is 5.75 Å². The molecule has 0 saturated heterocycles. The quantitative estimate of drug-likeness (QED) is 0.512. The van der Waals surface area contributed by atoms with E-state index in [0.717, 1.165) is 11.3 Å². The van der Waals surface area contributed by atoms with Gasteiger partial charge >= 0.3 is 0 Å². The highest BCUT2D eigenvalue weighted by Crippen LogP contribution is 2.39. The zero-order valence-corrected chi connectivity index (χ0v) is 14.6. The number of amides is 1. The molecule has 6 heteroatoms. The van der Waals surface area contributed by atoms with Crippen molar-refractivity contribution in [2.24, 2.45) is 0 Å². The van der Waals surface area contributed by atoms with E-state index in [2.05, 4.69) is 5.32 Å². The number of non-ortho nitro benzene ring substituents is 1. The lowest BCUT2D eigenvalue weighted by Crippen LogP contribution is -2.40. The lowest BCUT2D eigenvalue weighted by atomic mass is 9.89. The fourth-order valence-corrected chi connectivity index (χ4v) is 3.06. The third kappa shape index (κ3) is 4.08. The average molecular weight is 352 g/mol. The summed E-state index contributed by atoms with van der Waals surface area (Å²) in [5.74, 6) is 0.519. The Morgan fingerprint density at radius 3 is 2.81 bits per heavy atom. The van der Waals surface area contributed by atoms with Gasteiger partial charge in [-0.3, -0.25) is 14.9 Å². The van der Waals surface area contributed by atoms with Gasteiger partial charge in [0, 0.05) is 30.2 Å². The molecule has 0 saturated carbocycles. The van der Waals surface area contributed by atoms with Crippen LogP contribution in [0, 0.1) is 10.1 Å². The predicted octanol–water partition coefficient (Wildman–Crippen LogP) is 4.03. The van der Waals surface area contributed by atoms with E-state index >= 15 is 0 Å². The van der Waals surface area contributed by atoms with E-state index in [9.17, 15) is 14.9 Å². The van der Waals surface area contributed by atoms with Crippen molar-refractivity contribution in [2.45, 2.75) is 31.9 Å². The van der Waals surface area contributed by atoms with E-state index in [-0.39, 0.29) is 23.2 Å². The Morgan fingerprint density at radius 1 is 1.27 bits per heavy atom. The third-order valence-electron chi connectivity index (χ3n) is 4.20. The first kappa shape index (κ1) is 17.7. The van der Waals surface area contributed by atoms with Gasteiger partial charge in [-0.1, -0.05) is 30.3 Å². The topological polar surface area (TPSA) is 81.5 Å². The Labute approximate surface area is 151 Å². The molecule has 3 rings (SSSR count). The van der Waals surface area contributed by atoms with Crippen molar-refractivity contribution >= 4 is 17.7 Å². The van der Waals surface area contributed by atoms with Crippen molar-refractivity contribution in [1.29, 1.82) is 0 Å². The van der Waals surface area contributed by atoms with Crippen molar-refractivity contribution in [3.05, 3.63) is 75.8 Å². The maximum absolute atomic E-state index is 12.4. The largest absolute Gasteiger partial charge is 0.487 e. The Hall–Kier alpha value is -3.15. The van der Waals surface area contributed by atoms with E-state index in [1.54, 1.807) is 18.2 Å². The minimum absolute atomic E-state index is 0.00679. The van der Waals surface area contributed by atoms with Crippen LogP contribution in [-0.4, -0.2) is 16.4 Å². The molecule has 1 aliphatic rings. The summed E-state index contributed by atoms with van der Waals surface area (Å²) < 4.78 is 5.96. The second kappa shape index (κ2) is 7.00. The second-order valence-corrected chi connectivity index (χ2v) is 6.85. The van der Waals surface area contributed by atoms with E-state index in [1.807, 2.05) is 38.1 Å². The molecule has 0 spiro atoms. The van der Waals surface area contributed by atoms with Crippen molar-refractivity contribution in [1.82, 2.24) is 5.32 Å². The molecule has 26 heavy (non-hydrogen) atoms. The molecule has 2 aromatic carbocycles. The number of benzene rings is 2. The minimum atomic E-state index is -0.460. The Morgan fingerprint density at radius 2 is 2.04 bits per heavy atom. The van der Waals surface area contributed by atoms with Gasteiger partial charge in [0.15, 0.2) is 0 Å². The molecule has 2 aromatic rings. The summed E-state index contributed by atoms with van der Waals surface area (Å²) >= 11 is 0. The van der Waals surface area contributed by atoms with Gasteiger partial charge in [-0.15, -0.1) is 0 Å². The number of rotatable bonds is 4. The molecular formula is C20H20N2O4. The van der Waals surface area contributed by atoms with Gasteiger partial charge < -0.3 is 10.1 Å². The molecule has 6 nitrogen and oxygen atoms in total. The zero-order valence-electron chi connectivity index (χ0n) is 14.6. The van der Waals surface area contributed by atoms with E-state index in [4.69, 9.17) is 4.74 Å². The normalized spacial score (nSPS) is 18.0. The third-order valence-corrected chi connectivity index (χ3v) is 4.20. The summed E-state index contributed by atoms with van der Waals surface area (Å²) in [6.45, 7) is 3.97. The fourth-order valence-electron chi connectivity index (χ4n) is 3.06. The number of nitro benzene ring substituents is 1. The van der Waals surface area contributed by atoms with Crippen LogP contribution in [0.25, 0.3) is 6.08 Å². The van der Waals surface area contributed by atoms with Gasteiger partial charge in [0.1, 0.15) is 11.4 Å². The lowest BCUT2D eigenvalue weighted by Gasteiger charge is -2.37. The van der Waals surface area contributed by atoms with Gasteiger partial charge in [-0.25, -0.2) is 0 Å². The Bertz CT molecular complexity index is 874. The van der Waals surface area contributed by atoms with Crippen LogP contribution >= 0.6 is 0 Å². The fraction of sp³-hybridized carbons (Fsp3) is 0.250. The van der Waals surface area contributed by atoms with Crippen LogP contribution in [0.4, 0.5) is 5.69 Å². The Balaban J connectivity index is 1.74. The van der Waals surface area contributed by atoms with Gasteiger partial charge in [-0.2, -0.15) is 0 Å². The molecule has 1 aliphatic heterocycles.